The van der Waals surface area contributed by atoms with Gasteiger partial charge in [-0.25, -0.2) is 4.98 Å². The van der Waals surface area contributed by atoms with Gasteiger partial charge in [0.2, 0.25) is 11.8 Å². The van der Waals surface area contributed by atoms with E-state index in [1.54, 1.807) is 18.5 Å². The van der Waals surface area contributed by atoms with Gasteiger partial charge in [-0.1, -0.05) is 6.07 Å². The molecule has 0 saturated carbocycles. The van der Waals surface area contributed by atoms with Crippen molar-refractivity contribution in [2.75, 3.05) is 12.5 Å². The Bertz CT molecular complexity index is 907. The highest BCUT2D eigenvalue weighted by Crippen LogP contribution is 2.16. The van der Waals surface area contributed by atoms with Crippen LogP contribution in [0.5, 0.6) is 5.88 Å². The van der Waals surface area contributed by atoms with Gasteiger partial charge in [0.25, 0.3) is 5.91 Å². The molecule has 8 nitrogen and oxygen atoms in total. The van der Waals surface area contributed by atoms with Crippen molar-refractivity contribution < 1.29 is 9.53 Å². The predicted molar refractivity (Wildman–Crippen MR) is 96.9 cm³/mol. The standard InChI is InChI=1S/C18H20N6O2/c1-12-10-15(13(2)24(12)11-14-6-4-5-8-19-14)17(25)22-23-18-20-9-7-16(21-18)26-3/h4-10H,11H2,1-3H3,(H,22,25)(H,20,21,23). The van der Waals surface area contributed by atoms with Crippen LogP contribution in [0, 0.1) is 13.8 Å². The summed E-state index contributed by atoms with van der Waals surface area (Å²) in [6, 6.07) is 9.26. The van der Waals surface area contributed by atoms with Gasteiger partial charge in [0.1, 0.15) is 0 Å². The van der Waals surface area contributed by atoms with Crippen LogP contribution in [-0.4, -0.2) is 32.5 Å². The van der Waals surface area contributed by atoms with E-state index in [2.05, 4.69) is 30.4 Å². The molecule has 3 rings (SSSR count). The van der Waals surface area contributed by atoms with Crippen LogP contribution in [-0.2, 0) is 6.54 Å². The summed E-state index contributed by atoms with van der Waals surface area (Å²) < 4.78 is 7.08. The first-order chi connectivity index (χ1) is 12.6. The molecule has 3 aromatic heterocycles. The number of nitrogens with one attached hydrogen (secondary N) is 2. The summed E-state index contributed by atoms with van der Waals surface area (Å²) in [5.74, 6) is 0.391. The Kier molecular flexibility index (Phi) is 5.12. The van der Waals surface area contributed by atoms with Crippen LogP contribution in [0.3, 0.4) is 0 Å². The Morgan fingerprint density at radius 3 is 2.77 bits per heavy atom. The van der Waals surface area contributed by atoms with Crippen LogP contribution in [0.1, 0.15) is 27.4 Å². The maximum absolute atomic E-state index is 12.5. The van der Waals surface area contributed by atoms with Crippen molar-refractivity contribution in [3.05, 3.63) is 65.4 Å². The fourth-order valence-electron chi connectivity index (χ4n) is 2.62. The number of pyridine rings is 1. The first-order valence-corrected chi connectivity index (χ1v) is 8.08. The van der Waals surface area contributed by atoms with Gasteiger partial charge in [-0.2, -0.15) is 4.98 Å². The highest BCUT2D eigenvalue weighted by Gasteiger charge is 2.16. The van der Waals surface area contributed by atoms with Crippen LogP contribution in [0.4, 0.5) is 5.95 Å². The van der Waals surface area contributed by atoms with E-state index in [1.165, 1.54) is 7.11 Å². The Labute approximate surface area is 151 Å². The van der Waals surface area contributed by atoms with Crippen molar-refractivity contribution in [3.8, 4) is 5.88 Å². The fourth-order valence-corrected chi connectivity index (χ4v) is 2.62. The highest BCUT2D eigenvalue weighted by molar-refractivity contribution is 5.96. The smallest absolute Gasteiger partial charge is 0.271 e. The molecule has 0 fully saturated rings. The molecule has 134 valence electrons. The van der Waals surface area contributed by atoms with Gasteiger partial charge >= 0.3 is 0 Å². The van der Waals surface area contributed by atoms with Crippen LogP contribution in [0.2, 0.25) is 0 Å². The summed E-state index contributed by atoms with van der Waals surface area (Å²) in [4.78, 5) is 25.0. The van der Waals surface area contributed by atoms with Crippen LogP contribution < -0.4 is 15.6 Å². The Morgan fingerprint density at radius 2 is 2.04 bits per heavy atom. The molecule has 0 aliphatic heterocycles. The zero-order valence-corrected chi connectivity index (χ0v) is 14.9. The number of amides is 1. The van der Waals surface area contributed by atoms with Crippen LogP contribution in [0.15, 0.2) is 42.7 Å². The van der Waals surface area contributed by atoms with Crippen molar-refractivity contribution >= 4 is 11.9 Å². The minimum Gasteiger partial charge on any atom is -0.481 e. The minimum absolute atomic E-state index is 0.250. The molecule has 0 aliphatic rings. The zero-order valence-electron chi connectivity index (χ0n) is 14.9. The van der Waals surface area contributed by atoms with Crippen molar-refractivity contribution in [1.29, 1.82) is 0 Å². The van der Waals surface area contributed by atoms with E-state index in [4.69, 9.17) is 4.74 Å². The highest BCUT2D eigenvalue weighted by atomic mass is 16.5. The van der Waals surface area contributed by atoms with Gasteiger partial charge in [0, 0.05) is 29.8 Å². The lowest BCUT2D eigenvalue weighted by Gasteiger charge is -2.10. The molecule has 3 aromatic rings. The van der Waals surface area contributed by atoms with Crippen LogP contribution in [0.25, 0.3) is 0 Å². The molecule has 8 heteroatoms. The topological polar surface area (TPSA) is 94.0 Å². The molecule has 2 N–H and O–H groups in total. The van der Waals surface area contributed by atoms with Crippen molar-refractivity contribution in [2.24, 2.45) is 0 Å². The van der Waals surface area contributed by atoms with Crippen molar-refractivity contribution in [1.82, 2.24) is 24.9 Å². The van der Waals surface area contributed by atoms with Gasteiger partial charge in [-0.15, -0.1) is 0 Å². The van der Waals surface area contributed by atoms with Crippen LogP contribution >= 0.6 is 0 Å². The van der Waals surface area contributed by atoms with Gasteiger partial charge in [0.05, 0.1) is 24.9 Å². The van der Waals surface area contributed by atoms with E-state index in [9.17, 15) is 4.79 Å². The third kappa shape index (κ3) is 3.80. The number of hydrazine groups is 1. The molecule has 0 saturated heterocycles. The second-order valence-electron chi connectivity index (χ2n) is 5.69. The molecule has 0 radical (unpaired) electrons. The first kappa shape index (κ1) is 17.4. The van der Waals surface area contributed by atoms with Crippen molar-refractivity contribution in [2.45, 2.75) is 20.4 Å². The largest absolute Gasteiger partial charge is 0.481 e. The van der Waals surface area contributed by atoms with Gasteiger partial charge in [-0.3, -0.25) is 20.6 Å². The number of rotatable bonds is 6. The lowest BCUT2D eigenvalue weighted by atomic mass is 10.2. The van der Waals surface area contributed by atoms with Gasteiger partial charge in [0.15, 0.2) is 0 Å². The lowest BCUT2D eigenvalue weighted by molar-refractivity contribution is 0.0961. The lowest BCUT2D eigenvalue weighted by Crippen LogP contribution is -2.30. The number of carbonyl (C=O) groups excluding carboxylic acids is 1. The third-order valence-electron chi connectivity index (χ3n) is 3.99. The number of hydrogen-bond donors (Lipinski definition) is 2. The Morgan fingerprint density at radius 1 is 1.19 bits per heavy atom. The second-order valence-corrected chi connectivity index (χ2v) is 5.69. The predicted octanol–water partition coefficient (Wildman–Crippen LogP) is 2.10. The molecule has 0 spiro atoms. The number of ether oxygens (including phenoxy) is 1. The molecule has 3 heterocycles. The van der Waals surface area contributed by atoms with E-state index >= 15 is 0 Å². The number of aryl methyl sites for hydroxylation is 1. The summed E-state index contributed by atoms with van der Waals surface area (Å²) in [6.45, 7) is 4.48. The molecule has 26 heavy (non-hydrogen) atoms. The summed E-state index contributed by atoms with van der Waals surface area (Å²) in [5.41, 5.74) is 8.67. The minimum atomic E-state index is -0.267. The number of hydrogen-bond acceptors (Lipinski definition) is 6. The van der Waals surface area contributed by atoms with Gasteiger partial charge < -0.3 is 9.30 Å². The average molecular weight is 352 g/mol. The summed E-state index contributed by atoms with van der Waals surface area (Å²) >= 11 is 0. The Hall–Kier alpha value is -3.42. The molecule has 0 unspecified atom stereocenters. The molecule has 0 atom stereocenters. The average Bonchev–Trinajstić information content (AvgIpc) is 2.95. The molecule has 0 bridgehead atoms. The van der Waals surface area contributed by atoms with E-state index in [0.29, 0.717) is 18.0 Å². The second kappa shape index (κ2) is 7.64. The zero-order chi connectivity index (χ0) is 18.5. The summed E-state index contributed by atoms with van der Waals surface area (Å²) in [5, 5.41) is 0. The number of anilines is 1. The van der Waals surface area contributed by atoms with E-state index < -0.39 is 0 Å². The van der Waals surface area contributed by atoms with E-state index in [0.717, 1.165) is 17.1 Å². The van der Waals surface area contributed by atoms with Crippen molar-refractivity contribution in [3.63, 3.8) is 0 Å². The number of carbonyl (C=O) groups is 1. The number of methoxy groups -OCH3 is 1. The molecule has 1 amide bonds. The molecular weight excluding hydrogens is 332 g/mol. The van der Waals surface area contributed by atoms with E-state index in [-0.39, 0.29) is 11.9 Å². The maximum atomic E-state index is 12.5. The first-order valence-electron chi connectivity index (χ1n) is 8.08. The fraction of sp³-hybridized carbons (Fsp3) is 0.222. The van der Waals surface area contributed by atoms with Gasteiger partial charge in [-0.05, 0) is 32.0 Å². The molecular formula is C18H20N6O2. The van der Waals surface area contributed by atoms with E-state index in [1.807, 2.05) is 38.1 Å². The summed E-state index contributed by atoms with van der Waals surface area (Å²) in [7, 11) is 1.52. The SMILES string of the molecule is COc1ccnc(NNC(=O)c2cc(C)n(Cc3ccccn3)c2C)n1. The summed E-state index contributed by atoms with van der Waals surface area (Å²) in [6.07, 6.45) is 3.30. The quantitative estimate of drug-likeness (QED) is 0.660. The number of nitrogens with zero attached hydrogens (tertiary/aromatic N) is 4. The monoisotopic (exact) mass is 352 g/mol. The molecule has 0 aliphatic carbocycles. The maximum Gasteiger partial charge on any atom is 0.271 e. The normalized spacial score (nSPS) is 10.4. The Balaban J connectivity index is 1.72. The molecule has 0 aromatic carbocycles. The third-order valence-corrected chi connectivity index (χ3v) is 3.99. The number of aromatic nitrogens is 4.